The van der Waals surface area contributed by atoms with E-state index in [9.17, 15) is 31.5 Å². The smallest absolute Gasteiger partial charge is 0.445 e. The Morgan fingerprint density at radius 3 is 2.52 bits per heavy atom. The van der Waals surface area contributed by atoms with Gasteiger partial charge in [0.25, 0.3) is 0 Å². The van der Waals surface area contributed by atoms with Crippen LogP contribution in [-0.4, -0.2) is 47.5 Å². The molecule has 0 spiro atoms. The molecule has 1 aromatic carbocycles. The number of aromatic nitrogens is 2. The number of hydrogen-bond donors (Lipinski definition) is 1. The number of aliphatic carboxylic acids is 1. The number of nitrogens with zero attached hydrogens (tertiary/aromatic N) is 3. The van der Waals surface area contributed by atoms with Gasteiger partial charge in [-0.25, -0.2) is 13.2 Å². The predicted octanol–water partition coefficient (Wildman–Crippen LogP) is 2.72. The number of carbonyl (C=O) groups is 1. The second-order valence-electron chi connectivity index (χ2n) is 5.73. The Morgan fingerprint density at radius 1 is 1.30 bits per heavy atom. The summed E-state index contributed by atoms with van der Waals surface area (Å²) in [6.07, 6.45) is -5.04. The van der Waals surface area contributed by atoms with E-state index in [0.29, 0.717) is 0 Å². The van der Waals surface area contributed by atoms with Crippen LogP contribution in [-0.2, 0) is 20.8 Å². The number of alkyl halides is 3. The molecule has 1 N–H and O–H groups in total. The first-order valence-corrected chi connectivity index (χ1v) is 10.1. The van der Waals surface area contributed by atoms with Gasteiger partial charge >= 0.3 is 12.1 Å². The average Bonchev–Trinajstić information content (AvgIpc) is 3.22. The average molecular weight is 442 g/mol. The first kappa shape index (κ1) is 19.8. The Kier molecular flexibility index (Phi) is 5.08. The highest BCUT2D eigenvalue weighted by Gasteiger charge is 2.46. The molecule has 7 nitrogen and oxygen atoms in total. The lowest BCUT2D eigenvalue weighted by molar-refractivity contribution is -0.139. The van der Waals surface area contributed by atoms with Crippen molar-refractivity contribution in [3.05, 3.63) is 34.3 Å². The minimum atomic E-state index is -4.72. The molecular weight excluding hydrogens is 431 g/mol. The zero-order chi connectivity index (χ0) is 20.0. The van der Waals surface area contributed by atoms with Crippen molar-refractivity contribution in [3.63, 3.8) is 0 Å². The van der Waals surface area contributed by atoms with Crippen LogP contribution in [0.4, 0.5) is 18.3 Å². The summed E-state index contributed by atoms with van der Waals surface area (Å²) in [5, 5.41) is 13.1. The van der Waals surface area contributed by atoms with Gasteiger partial charge in [0.2, 0.25) is 10.1 Å². The lowest BCUT2D eigenvalue weighted by Crippen LogP contribution is -2.36. The molecule has 1 aliphatic rings. The van der Waals surface area contributed by atoms with Crippen molar-refractivity contribution in [1.29, 1.82) is 0 Å². The molecular formula is C14H11ClF3N3O4S2. The van der Waals surface area contributed by atoms with E-state index in [1.54, 1.807) is 6.07 Å². The normalized spacial score (nSPS) is 20.8. The van der Waals surface area contributed by atoms with Gasteiger partial charge in [-0.05, 0) is 18.6 Å². The Morgan fingerprint density at radius 2 is 1.96 bits per heavy atom. The van der Waals surface area contributed by atoms with Gasteiger partial charge in [-0.1, -0.05) is 35.1 Å². The lowest BCUT2D eigenvalue weighted by Gasteiger charge is -2.19. The van der Waals surface area contributed by atoms with E-state index < -0.39 is 38.3 Å². The van der Waals surface area contributed by atoms with Gasteiger partial charge in [-0.3, -0.25) is 0 Å². The van der Waals surface area contributed by atoms with Crippen molar-refractivity contribution < 1.29 is 31.5 Å². The van der Waals surface area contributed by atoms with E-state index in [1.165, 1.54) is 18.2 Å². The maximum absolute atomic E-state index is 12.8. The van der Waals surface area contributed by atoms with Crippen LogP contribution in [0.5, 0.6) is 0 Å². The molecule has 27 heavy (non-hydrogen) atoms. The molecule has 0 bridgehead atoms. The molecule has 1 aliphatic heterocycles. The molecule has 0 amide bonds. The van der Waals surface area contributed by atoms with E-state index in [1.807, 2.05) is 0 Å². The topological polar surface area (TPSA) is 100 Å². The fraction of sp³-hybridized carbons (Fsp3) is 0.357. The predicted molar refractivity (Wildman–Crippen MR) is 90.7 cm³/mol. The van der Waals surface area contributed by atoms with Crippen molar-refractivity contribution >= 4 is 43.9 Å². The van der Waals surface area contributed by atoms with Crippen LogP contribution in [0, 0.1) is 0 Å². The quantitative estimate of drug-likeness (QED) is 0.778. The molecule has 2 atom stereocenters. The maximum Gasteiger partial charge on any atom is 0.445 e. The molecule has 2 aromatic rings. The summed E-state index contributed by atoms with van der Waals surface area (Å²) in [6, 6.07) is 4.35. The minimum absolute atomic E-state index is 0.0157. The Hall–Kier alpha value is -1.92. The molecule has 0 saturated carbocycles. The summed E-state index contributed by atoms with van der Waals surface area (Å²) < 4.78 is 63.9. The van der Waals surface area contributed by atoms with Crippen molar-refractivity contribution in [2.24, 2.45) is 0 Å². The number of benzene rings is 1. The summed E-state index contributed by atoms with van der Waals surface area (Å²) >= 11 is 6.10. The van der Waals surface area contributed by atoms with E-state index in [0.717, 1.165) is 4.90 Å². The summed E-state index contributed by atoms with van der Waals surface area (Å²) in [4.78, 5) is 12.4. The molecule has 0 aliphatic carbocycles. The molecule has 13 heteroatoms. The number of halogens is 4. The summed E-state index contributed by atoms with van der Waals surface area (Å²) in [5.74, 6) is -1.37. The highest BCUT2D eigenvalue weighted by Crippen LogP contribution is 2.38. The van der Waals surface area contributed by atoms with Crippen LogP contribution in [0.2, 0.25) is 5.02 Å². The van der Waals surface area contributed by atoms with E-state index in [4.69, 9.17) is 11.6 Å². The third-order valence-electron chi connectivity index (χ3n) is 4.03. The summed E-state index contributed by atoms with van der Waals surface area (Å²) in [7, 11) is -4.00. The Labute approximate surface area is 160 Å². The van der Waals surface area contributed by atoms with Gasteiger partial charge < -0.3 is 10.0 Å². The van der Waals surface area contributed by atoms with E-state index >= 15 is 0 Å². The van der Waals surface area contributed by atoms with Gasteiger partial charge in [0.1, 0.15) is 6.04 Å². The van der Waals surface area contributed by atoms with Crippen molar-refractivity contribution in [2.75, 3.05) is 11.4 Å². The van der Waals surface area contributed by atoms with Gasteiger partial charge in [0.05, 0.1) is 15.2 Å². The first-order chi connectivity index (χ1) is 12.5. The maximum atomic E-state index is 12.8. The molecule has 1 saturated heterocycles. The number of hydrogen-bond acceptors (Lipinski definition) is 7. The molecule has 2 heterocycles. The first-order valence-electron chi connectivity index (χ1n) is 7.40. The highest BCUT2D eigenvalue weighted by molar-refractivity contribution is 7.92. The number of anilines is 1. The van der Waals surface area contributed by atoms with Crippen LogP contribution in [0.3, 0.4) is 0 Å². The van der Waals surface area contributed by atoms with Crippen LogP contribution < -0.4 is 4.90 Å². The molecule has 0 radical (unpaired) electrons. The molecule has 146 valence electrons. The van der Waals surface area contributed by atoms with Gasteiger partial charge in [0.15, 0.2) is 9.84 Å². The van der Waals surface area contributed by atoms with E-state index in [-0.39, 0.29) is 39.4 Å². The standard InChI is InChI=1S/C14H11ClF3N3O4S2/c15-8-3-1-2-4-10(8)27(24,25)7-5-9(11(22)23)21(6-7)13-20-19-12(26-13)14(16,17)18/h1-4,7,9H,5-6H2,(H,22,23)/t7-,9+/m1/s1. The zero-order valence-corrected chi connectivity index (χ0v) is 15.6. The second kappa shape index (κ2) is 6.91. The molecule has 1 aromatic heterocycles. The number of sulfone groups is 1. The SMILES string of the molecule is O=C(O)[C@@H]1C[C@@H](S(=O)(=O)c2ccccc2Cl)CN1c1nnc(C(F)(F)F)s1. The Bertz CT molecular complexity index is 980. The minimum Gasteiger partial charge on any atom is -0.480 e. The molecule has 1 fully saturated rings. The number of carboxylic acids is 1. The largest absolute Gasteiger partial charge is 0.480 e. The fourth-order valence-corrected chi connectivity index (χ4v) is 5.76. The molecule has 0 unspecified atom stereocenters. The van der Waals surface area contributed by atoms with Gasteiger partial charge in [-0.15, -0.1) is 10.2 Å². The van der Waals surface area contributed by atoms with Crippen LogP contribution >= 0.6 is 22.9 Å². The van der Waals surface area contributed by atoms with Crippen LogP contribution in [0.1, 0.15) is 11.4 Å². The fourth-order valence-electron chi connectivity index (χ4n) is 2.77. The van der Waals surface area contributed by atoms with Gasteiger partial charge in [0, 0.05) is 6.54 Å². The molecule has 3 rings (SSSR count). The van der Waals surface area contributed by atoms with Crippen molar-refractivity contribution in [2.45, 2.75) is 28.8 Å². The van der Waals surface area contributed by atoms with Gasteiger partial charge in [-0.2, -0.15) is 13.2 Å². The van der Waals surface area contributed by atoms with Crippen molar-refractivity contribution in [3.8, 4) is 0 Å². The van der Waals surface area contributed by atoms with Crippen LogP contribution in [0.15, 0.2) is 29.2 Å². The van der Waals surface area contributed by atoms with Crippen molar-refractivity contribution in [1.82, 2.24) is 10.2 Å². The Balaban J connectivity index is 1.95. The second-order valence-corrected chi connectivity index (χ2v) is 9.29. The summed E-state index contributed by atoms with van der Waals surface area (Å²) in [5.41, 5.74) is 0. The number of rotatable bonds is 4. The number of carboxylic acid groups (broad SMARTS) is 1. The van der Waals surface area contributed by atoms with Crippen LogP contribution in [0.25, 0.3) is 0 Å². The lowest BCUT2D eigenvalue weighted by atomic mass is 10.2. The third kappa shape index (κ3) is 3.73. The monoisotopic (exact) mass is 441 g/mol. The highest BCUT2D eigenvalue weighted by atomic mass is 35.5. The summed E-state index contributed by atoms with van der Waals surface area (Å²) in [6.45, 7) is -0.336. The van der Waals surface area contributed by atoms with E-state index in [2.05, 4.69) is 10.2 Å². The zero-order valence-electron chi connectivity index (χ0n) is 13.2. The third-order valence-corrected chi connectivity index (χ3v) is 7.67.